The fourth-order valence-electron chi connectivity index (χ4n) is 1.40. The van der Waals surface area contributed by atoms with Crippen molar-refractivity contribution in [3.05, 3.63) is 29.3 Å². The van der Waals surface area contributed by atoms with Crippen molar-refractivity contribution in [1.82, 2.24) is 4.90 Å². The third-order valence-electron chi connectivity index (χ3n) is 2.64. The quantitative estimate of drug-likeness (QED) is 0.859. The molecule has 1 amide bonds. The third kappa shape index (κ3) is 4.55. The van der Waals surface area contributed by atoms with Gasteiger partial charge in [0, 0.05) is 12.1 Å². The smallest absolute Gasteiger partial charge is 0.239 e. The van der Waals surface area contributed by atoms with Crippen molar-refractivity contribution in [2.45, 2.75) is 19.4 Å². The largest absolute Gasteiger partial charge is 0.492 e. The van der Waals surface area contributed by atoms with Gasteiger partial charge in [-0.3, -0.25) is 4.79 Å². The van der Waals surface area contributed by atoms with E-state index in [-0.39, 0.29) is 5.91 Å². The van der Waals surface area contributed by atoms with Gasteiger partial charge >= 0.3 is 0 Å². The minimum absolute atomic E-state index is 0.0581. The number of hydrogen-bond acceptors (Lipinski definition) is 3. The first-order chi connectivity index (χ1) is 8.54. The zero-order chi connectivity index (χ0) is 13.5. The Bertz CT molecular complexity index is 381. The summed E-state index contributed by atoms with van der Waals surface area (Å²) in [5.41, 5.74) is 5.67. The Labute approximate surface area is 113 Å². The van der Waals surface area contributed by atoms with Gasteiger partial charge in [-0.1, -0.05) is 18.5 Å². The van der Waals surface area contributed by atoms with Crippen LogP contribution in [0.25, 0.3) is 0 Å². The molecule has 1 atom stereocenters. The average Bonchev–Trinajstić information content (AvgIpc) is 2.39. The SMILES string of the molecule is CCC(N)C(=O)N(C)CCOc1ccc(Cl)cc1. The lowest BCUT2D eigenvalue weighted by molar-refractivity contribution is -0.131. The summed E-state index contributed by atoms with van der Waals surface area (Å²) in [6, 6.07) is 6.69. The predicted octanol–water partition coefficient (Wildman–Crippen LogP) is 1.91. The topological polar surface area (TPSA) is 55.6 Å². The molecule has 1 rings (SSSR count). The number of nitrogens with two attached hydrogens (primary N) is 1. The van der Waals surface area contributed by atoms with Gasteiger partial charge < -0.3 is 15.4 Å². The molecule has 18 heavy (non-hydrogen) atoms. The number of nitrogens with zero attached hydrogens (tertiary/aromatic N) is 1. The van der Waals surface area contributed by atoms with Gasteiger partial charge in [-0.05, 0) is 30.7 Å². The van der Waals surface area contributed by atoms with Gasteiger partial charge in [0.15, 0.2) is 0 Å². The molecule has 0 aliphatic carbocycles. The monoisotopic (exact) mass is 270 g/mol. The molecule has 2 N–H and O–H groups in total. The first kappa shape index (κ1) is 14.8. The summed E-state index contributed by atoms with van der Waals surface area (Å²) in [6.45, 7) is 2.83. The molecule has 1 unspecified atom stereocenters. The van der Waals surface area contributed by atoms with Gasteiger partial charge in [0.05, 0.1) is 12.6 Å². The maximum absolute atomic E-state index is 11.7. The Hall–Kier alpha value is -1.26. The molecule has 0 spiro atoms. The van der Waals surface area contributed by atoms with Crippen molar-refractivity contribution in [3.8, 4) is 5.75 Å². The summed E-state index contributed by atoms with van der Waals surface area (Å²) in [5.74, 6) is 0.678. The van der Waals surface area contributed by atoms with Gasteiger partial charge in [-0.15, -0.1) is 0 Å². The standard InChI is InChI=1S/C13H19ClN2O2/c1-3-12(15)13(17)16(2)8-9-18-11-6-4-10(14)5-7-11/h4-7,12H,3,8-9,15H2,1-2H3. The van der Waals surface area contributed by atoms with E-state index in [2.05, 4.69) is 0 Å². The second kappa shape index (κ2) is 7.24. The van der Waals surface area contributed by atoms with Crippen molar-refractivity contribution in [2.75, 3.05) is 20.2 Å². The highest BCUT2D eigenvalue weighted by Gasteiger charge is 2.15. The number of benzene rings is 1. The fraction of sp³-hybridized carbons (Fsp3) is 0.462. The van der Waals surface area contributed by atoms with E-state index in [1.165, 1.54) is 0 Å². The predicted molar refractivity (Wildman–Crippen MR) is 72.9 cm³/mol. The maximum Gasteiger partial charge on any atom is 0.239 e. The summed E-state index contributed by atoms with van der Waals surface area (Å²) in [5, 5.41) is 0.670. The minimum Gasteiger partial charge on any atom is -0.492 e. The summed E-state index contributed by atoms with van der Waals surface area (Å²) in [7, 11) is 1.73. The number of carbonyl (C=O) groups excluding carboxylic acids is 1. The second-order valence-corrected chi connectivity index (χ2v) is 4.51. The number of halogens is 1. The van der Waals surface area contributed by atoms with E-state index in [4.69, 9.17) is 22.1 Å². The molecular formula is C13H19ClN2O2. The van der Waals surface area contributed by atoms with Gasteiger partial charge in [0.25, 0.3) is 0 Å². The maximum atomic E-state index is 11.7. The van der Waals surface area contributed by atoms with Crippen LogP contribution in [0.15, 0.2) is 24.3 Å². The molecular weight excluding hydrogens is 252 g/mol. The lowest BCUT2D eigenvalue weighted by Crippen LogP contribution is -2.42. The molecule has 0 saturated heterocycles. The van der Waals surface area contributed by atoms with Crippen molar-refractivity contribution in [3.63, 3.8) is 0 Å². The molecule has 100 valence electrons. The first-order valence-corrected chi connectivity index (χ1v) is 6.31. The molecule has 0 bridgehead atoms. The Morgan fingerprint density at radius 1 is 1.44 bits per heavy atom. The number of hydrogen-bond donors (Lipinski definition) is 1. The highest BCUT2D eigenvalue weighted by atomic mass is 35.5. The van der Waals surface area contributed by atoms with Crippen LogP contribution in [-0.4, -0.2) is 37.0 Å². The lowest BCUT2D eigenvalue weighted by Gasteiger charge is -2.20. The molecule has 1 aromatic rings. The van der Waals surface area contributed by atoms with Crippen molar-refractivity contribution >= 4 is 17.5 Å². The molecule has 0 aromatic heterocycles. The van der Waals surface area contributed by atoms with Crippen molar-refractivity contribution in [1.29, 1.82) is 0 Å². The molecule has 0 aliphatic heterocycles. The van der Waals surface area contributed by atoms with Crippen LogP contribution in [0.4, 0.5) is 0 Å². The van der Waals surface area contributed by atoms with Crippen molar-refractivity contribution in [2.24, 2.45) is 5.73 Å². The van der Waals surface area contributed by atoms with E-state index in [9.17, 15) is 4.79 Å². The van der Waals surface area contributed by atoms with Crippen LogP contribution in [0.3, 0.4) is 0 Å². The lowest BCUT2D eigenvalue weighted by atomic mass is 10.2. The Kier molecular flexibility index (Phi) is 5.95. The van der Waals surface area contributed by atoms with E-state index in [1.54, 1.807) is 36.2 Å². The molecule has 0 aliphatic rings. The molecule has 1 aromatic carbocycles. The van der Waals surface area contributed by atoms with Gasteiger partial charge in [-0.25, -0.2) is 0 Å². The van der Waals surface area contributed by atoms with Gasteiger partial charge in [-0.2, -0.15) is 0 Å². The summed E-state index contributed by atoms with van der Waals surface area (Å²) >= 11 is 5.77. The number of ether oxygens (including phenoxy) is 1. The van der Waals surface area contributed by atoms with Gasteiger partial charge in [0.1, 0.15) is 12.4 Å². The van der Waals surface area contributed by atoms with Crippen LogP contribution in [0.5, 0.6) is 5.75 Å². The Balaban J connectivity index is 2.33. The molecule has 0 saturated carbocycles. The van der Waals surface area contributed by atoms with E-state index in [0.717, 1.165) is 5.75 Å². The van der Waals surface area contributed by atoms with Crippen LogP contribution in [-0.2, 0) is 4.79 Å². The van der Waals surface area contributed by atoms with Crippen LogP contribution >= 0.6 is 11.6 Å². The van der Waals surface area contributed by atoms with Crippen LogP contribution in [0, 0.1) is 0 Å². The molecule has 0 fully saturated rings. The second-order valence-electron chi connectivity index (χ2n) is 4.08. The zero-order valence-electron chi connectivity index (χ0n) is 10.7. The number of rotatable bonds is 6. The molecule has 4 nitrogen and oxygen atoms in total. The number of amides is 1. The molecule has 0 radical (unpaired) electrons. The van der Waals surface area contributed by atoms with E-state index in [0.29, 0.717) is 24.6 Å². The summed E-state index contributed by atoms with van der Waals surface area (Å²) < 4.78 is 5.50. The first-order valence-electron chi connectivity index (χ1n) is 5.93. The van der Waals surface area contributed by atoms with Gasteiger partial charge in [0.2, 0.25) is 5.91 Å². The van der Waals surface area contributed by atoms with Crippen LogP contribution < -0.4 is 10.5 Å². The summed E-state index contributed by atoms with van der Waals surface area (Å²) in [4.78, 5) is 13.3. The van der Waals surface area contributed by atoms with Crippen molar-refractivity contribution < 1.29 is 9.53 Å². The average molecular weight is 271 g/mol. The van der Waals surface area contributed by atoms with Crippen LogP contribution in [0.2, 0.25) is 5.02 Å². The zero-order valence-corrected chi connectivity index (χ0v) is 11.5. The molecule has 5 heteroatoms. The Morgan fingerprint density at radius 3 is 2.61 bits per heavy atom. The van der Waals surface area contributed by atoms with Crippen LogP contribution in [0.1, 0.15) is 13.3 Å². The van der Waals surface area contributed by atoms with E-state index < -0.39 is 6.04 Å². The normalized spacial score (nSPS) is 12.0. The third-order valence-corrected chi connectivity index (χ3v) is 2.89. The number of likely N-dealkylation sites (N-methyl/N-ethyl adjacent to an activating group) is 1. The van der Waals surface area contributed by atoms with E-state index in [1.807, 2.05) is 6.92 Å². The number of carbonyl (C=O) groups is 1. The summed E-state index contributed by atoms with van der Waals surface area (Å²) in [6.07, 6.45) is 0.640. The molecule has 0 heterocycles. The Morgan fingerprint density at radius 2 is 2.06 bits per heavy atom. The van der Waals surface area contributed by atoms with E-state index >= 15 is 0 Å². The highest BCUT2D eigenvalue weighted by molar-refractivity contribution is 6.30. The minimum atomic E-state index is -0.425. The fourth-order valence-corrected chi connectivity index (χ4v) is 1.53. The highest BCUT2D eigenvalue weighted by Crippen LogP contribution is 2.15.